The van der Waals surface area contributed by atoms with Crippen molar-refractivity contribution in [3.05, 3.63) is 34.0 Å². The van der Waals surface area contributed by atoms with E-state index >= 15 is 0 Å². The molecule has 0 heterocycles. The molecule has 0 aromatic rings. The zero-order chi connectivity index (χ0) is 8.97. The highest BCUT2D eigenvalue weighted by atomic mass is 16.6. The summed E-state index contributed by atoms with van der Waals surface area (Å²) >= 11 is 0. The van der Waals surface area contributed by atoms with Crippen molar-refractivity contribution in [3.63, 3.8) is 0 Å². The van der Waals surface area contributed by atoms with Crippen LogP contribution in [0, 0.1) is 10.1 Å². The maximum atomic E-state index is 10.3. The molecule has 0 aromatic heterocycles. The third-order valence-corrected chi connectivity index (χ3v) is 1.53. The predicted octanol–water partition coefficient (Wildman–Crippen LogP) is 1.56. The molecule has 1 unspecified atom stereocenters. The van der Waals surface area contributed by atoms with Crippen molar-refractivity contribution in [2.45, 2.75) is 12.5 Å². The summed E-state index contributed by atoms with van der Waals surface area (Å²) in [6.45, 7) is 0. The van der Waals surface area contributed by atoms with E-state index in [1.54, 1.807) is 19.2 Å². The normalized spacial score (nSPS) is 22.8. The molecule has 1 atom stereocenters. The van der Waals surface area contributed by atoms with Gasteiger partial charge in [-0.05, 0) is 6.08 Å². The second-order valence-electron chi connectivity index (χ2n) is 2.36. The number of nitro groups is 1. The Bertz CT molecular complexity index is 268. The molecule has 5 nitrogen and oxygen atoms in total. The summed E-state index contributed by atoms with van der Waals surface area (Å²) in [5.41, 5.74) is 0.137. The van der Waals surface area contributed by atoms with Gasteiger partial charge in [0.05, 0.1) is 11.0 Å². The first-order valence-electron chi connectivity index (χ1n) is 3.55. The Labute approximate surface area is 69.6 Å². The Morgan fingerprint density at radius 2 is 2.50 bits per heavy atom. The van der Waals surface area contributed by atoms with Gasteiger partial charge < -0.3 is 0 Å². The van der Waals surface area contributed by atoms with Gasteiger partial charge in [0.15, 0.2) is 0 Å². The smallest absolute Gasteiger partial charge is 0.258 e. The topological polar surface area (TPSA) is 67.9 Å². The maximum Gasteiger partial charge on any atom is 0.265 e. The maximum absolute atomic E-state index is 10.3. The first kappa shape index (κ1) is 8.58. The molecule has 0 N–H and O–H groups in total. The number of allylic oxidation sites excluding steroid dienone is 1. The van der Waals surface area contributed by atoms with Crippen LogP contribution in [0.3, 0.4) is 0 Å². The number of hydrogen-bond acceptors (Lipinski definition) is 4. The van der Waals surface area contributed by atoms with E-state index < -0.39 is 4.92 Å². The highest BCUT2D eigenvalue weighted by molar-refractivity contribution is 5.19. The Kier molecular flexibility index (Phi) is 2.68. The summed E-state index contributed by atoms with van der Waals surface area (Å²) in [6, 6.07) is -0.0290. The second-order valence-corrected chi connectivity index (χ2v) is 2.36. The molecule has 1 rings (SSSR count). The zero-order valence-corrected chi connectivity index (χ0v) is 6.67. The standard InChI is InChI=1S/C7H9N3O2/c1-8-9-6-2-4-7(5-3-6)10(11)12/h2,4-6H,3H2,1H3. The number of rotatable bonds is 2. The molecule has 0 radical (unpaired) electrons. The lowest BCUT2D eigenvalue weighted by Gasteiger charge is -2.05. The van der Waals surface area contributed by atoms with E-state index in [2.05, 4.69) is 10.2 Å². The minimum Gasteiger partial charge on any atom is -0.258 e. The lowest BCUT2D eigenvalue weighted by atomic mass is 10.1. The van der Waals surface area contributed by atoms with Gasteiger partial charge in [-0.1, -0.05) is 6.08 Å². The quantitative estimate of drug-likeness (QED) is 0.355. The Balaban J connectivity index is 2.61. The first-order valence-corrected chi connectivity index (χ1v) is 3.55. The fraction of sp³-hybridized carbons (Fsp3) is 0.429. The Hall–Kier alpha value is -1.52. The number of azo groups is 1. The average Bonchev–Trinajstić information content (AvgIpc) is 2.06. The van der Waals surface area contributed by atoms with Crippen LogP contribution in [0.1, 0.15) is 6.42 Å². The van der Waals surface area contributed by atoms with Crippen molar-refractivity contribution in [3.8, 4) is 0 Å². The highest BCUT2D eigenvalue weighted by Crippen LogP contribution is 2.13. The van der Waals surface area contributed by atoms with Gasteiger partial charge >= 0.3 is 0 Å². The van der Waals surface area contributed by atoms with Crippen LogP contribution in [0.4, 0.5) is 0 Å². The molecule has 0 bridgehead atoms. The largest absolute Gasteiger partial charge is 0.265 e. The summed E-state index contributed by atoms with van der Waals surface area (Å²) < 4.78 is 0. The number of nitrogens with zero attached hydrogens (tertiary/aromatic N) is 3. The van der Waals surface area contributed by atoms with E-state index in [4.69, 9.17) is 0 Å². The van der Waals surface area contributed by atoms with Crippen molar-refractivity contribution in [1.82, 2.24) is 0 Å². The third kappa shape index (κ3) is 1.98. The molecule has 0 aromatic carbocycles. The van der Waals surface area contributed by atoms with Gasteiger partial charge in [0.1, 0.15) is 0 Å². The van der Waals surface area contributed by atoms with Crippen molar-refractivity contribution in [1.29, 1.82) is 0 Å². The van der Waals surface area contributed by atoms with Gasteiger partial charge in [-0.25, -0.2) is 0 Å². The number of hydrogen-bond donors (Lipinski definition) is 0. The van der Waals surface area contributed by atoms with Crippen LogP contribution in [0.25, 0.3) is 0 Å². The molecule has 0 amide bonds. The lowest BCUT2D eigenvalue weighted by Crippen LogP contribution is -2.06. The van der Waals surface area contributed by atoms with Crippen LogP contribution in [-0.2, 0) is 0 Å². The van der Waals surface area contributed by atoms with Crippen LogP contribution >= 0.6 is 0 Å². The van der Waals surface area contributed by atoms with Crippen molar-refractivity contribution >= 4 is 0 Å². The minimum atomic E-state index is -0.407. The van der Waals surface area contributed by atoms with Crippen molar-refractivity contribution in [2.75, 3.05) is 7.05 Å². The summed E-state index contributed by atoms with van der Waals surface area (Å²) in [6.07, 6.45) is 5.26. The molecule has 64 valence electrons. The van der Waals surface area contributed by atoms with Gasteiger partial charge in [0.2, 0.25) is 0 Å². The van der Waals surface area contributed by atoms with E-state index in [1.165, 1.54) is 6.08 Å². The Morgan fingerprint density at radius 3 is 2.92 bits per heavy atom. The molecule has 1 aliphatic carbocycles. The molecule has 5 heteroatoms. The lowest BCUT2D eigenvalue weighted by molar-refractivity contribution is -0.419. The van der Waals surface area contributed by atoms with Gasteiger partial charge in [-0.2, -0.15) is 10.2 Å². The second kappa shape index (κ2) is 3.75. The molecule has 0 aliphatic heterocycles. The molecule has 12 heavy (non-hydrogen) atoms. The highest BCUT2D eigenvalue weighted by Gasteiger charge is 2.13. The molecule has 0 fully saturated rings. The van der Waals surface area contributed by atoms with E-state index in [-0.39, 0.29) is 11.7 Å². The summed E-state index contributed by atoms with van der Waals surface area (Å²) in [4.78, 5) is 9.84. The van der Waals surface area contributed by atoms with Gasteiger partial charge in [-0.15, -0.1) is 0 Å². The van der Waals surface area contributed by atoms with Crippen LogP contribution in [0.15, 0.2) is 34.2 Å². The van der Waals surface area contributed by atoms with Gasteiger partial charge in [0.25, 0.3) is 5.70 Å². The monoisotopic (exact) mass is 167 g/mol. The van der Waals surface area contributed by atoms with Gasteiger partial charge in [-0.3, -0.25) is 10.1 Å². The van der Waals surface area contributed by atoms with Crippen LogP contribution in [0.5, 0.6) is 0 Å². The average molecular weight is 167 g/mol. The molecular formula is C7H9N3O2. The molecular weight excluding hydrogens is 158 g/mol. The summed E-state index contributed by atoms with van der Waals surface area (Å²) in [5.74, 6) is 0. The van der Waals surface area contributed by atoms with Crippen molar-refractivity contribution < 1.29 is 4.92 Å². The van der Waals surface area contributed by atoms with E-state index in [9.17, 15) is 10.1 Å². The fourth-order valence-corrected chi connectivity index (χ4v) is 0.967. The predicted molar refractivity (Wildman–Crippen MR) is 43.4 cm³/mol. The molecule has 0 spiro atoms. The Morgan fingerprint density at radius 1 is 1.75 bits per heavy atom. The first-order chi connectivity index (χ1) is 5.74. The molecule has 1 aliphatic rings. The third-order valence-electron chi connectivity index (χ3n) is 1.53. The molecule has 0 saturated heterocycles. The van der Waals surface area contributed by atoms with Gasteiger partial charge in [0, 0.05) is 19.5 Å². The van der Waals surface area contributed by atoms with Crippen molar-refractivity contribution in [2.24, 2.45) is 10.2 Å². The SMILES string of the molecule is CN=NC1C=CC([N+](=O)[O-])=CC1. The zero-order valence-electron chi connectivity index (χ0n) is 6.67. The molecule has 0 saturated carbocycles. The van der Waals surface area contributed by atoms with Crippen LogP contribution in [0.2, 0.25) is 0 Å². The fourth-order valence-electron chi connectivity index (χ4n) is 0.967. The van der Waals surface area contributed by atoms with E-state index in [0.29, 0.717) is 6.42 Å². The van der Waals surface area contributed by atoms with E-state index in [0.717, 1.165) is 0 Å². The minimum absolute atomic E-state index is 0.0290. The summed E-state index contributed by atoms with van der Waals surface area (Å²) in [7, 11) is 1.58. The van der Waals surface area contributed by atoms with E-state index in [1.807, 2.05) is 0 Å². The van der Waals surface area contributed by atoms with Crippen LogP contribution in [-0.4, -0.2) is 18.0 Å². The summed E-state index contributed by atoms with van der Waals surface area (Å²) in [5, 5.41) is 17.7. The van der Waals surface area contributed by atoms with Crippen LogP contribution < -0.4 is 0 Å².